The van der Waals surface area contributed by atoms with E-state index in [1.54, 1.807) is 12.1 Å². The Morgan fingerprint density at radius 3 is 2.62 bits per heavy atom. The topological polar surface area (TPSA) is 53.3 Å². The SMILES string of the molecule is CC1(C)CN(C(=O)CCc2ccc(C#N)cc2)c2ccccc2O1. The summed E-state index contributed by atoms with van der Waals surface area (Å²) in [4.78, 5) is 14.6. The van der Waals surface area contributed by atoms with Crippen LogP contribution in [-0.2, 0) is 11.2 Å². The lowest BCUT2D eigenvalue weighted by molar-refractivity contribution is -0.119. The van der Waals surface area contributed by atoms with Gasteiger partial charge in [-0.1, -0.05) is 24.3 Å². The van der Waals surface area contributed by atoms with Crippen molar-refractivity contribution in [3.8, 4) is 11.8 Å². The Morgan fingerprint density at radius 2 is 1.92 bits per heavy atom. The van der Waals surface area contributed by atoms with Gasteiger partial charge in [-0.3, -0.25) is 4.79 Å². The minimum absolute atomic E-state index is 0.0863. The lowest BCUT2D eigenvalue weighted by Crippen LogP contribution is -2.49. The van der Waals surface area contributed by atoms with Crippen molar-refractivity contribution in [1.82, 2.24) is 0 Å². The highest BCUT2D eigenvalue weighted by Crippen LogP contribution is 2.36. The Hall–Kier alpha value is -2.80. The van der Waals surface area contributed by atoms with Crippen LogP contribution in [0.1, 0.15) is 31.4 Å². The monoisotopic (exact) mass is 320 g/mol. The molecular formula is C20H20N2O2. The maximum atomic E-state index is 12.8. The molecule has 0 aromatic heterocycles. The highest BCUT2D eigenvalue weighted by Gasteiger charge is 2.34. The summed E-state index contributed by atoms with van der Waals surface area (Å²) in [6.07, 6.45) is 1.08. The first kappa shape index (κ1) is 16.1. The molecule has 1 amide bonds. The highest BCUT2D eigenvalue weighted by molar-refractivity contribution is 5.95. The van der Waals surface area contributed by atoms with E-state index >= 15 is 0 Å². The molecule has 0 fully saturated rings. The molecule has 2 aromatic carbocycles. The zero-order valence-electron chi connectivity index (χ0n) is 14.0. The van der Waals surface area contributed by atoms with Crippen molar-refractivity contribution in [3.05, 3.63) is 59.7 Å². The lowest BCUT2D eigenvalue weighted by Gasteiger charge is -2.39. The molecular weight excluding hydrogens is 300 g/mol. The van der Waals surface area contributed by atoms with Crippen LogP contribution in [0.2, 0.25) is 0 Å². The third kappa shape index (κ3) is 3.41. The van der Waals surface area contributed by atoms with Crippen molar-refractivity contribution < 1.29 is 9.53 Å². The fraction of sp³-hybridized carbons (Fsp3) is 0.300. The Morgan fingerprint density at radius 1 is 1.21 bits per heavy atom. The van der Waals surface area contributed by atoms with E-state index in [9.17, 15) is 4.79 Å². The number of hydrogen-bond acceptors (Lipinski definition) is 3. The molecule has 122 valence electrons. The summed E-state index contributed by atoms with van der Waals surface area (Å²) in [5.74, 6) is 0.837. The van der Waals surface area contributed by atoms with E-state index in [2.05, 4.69) is 6.07 Å². The van der Waals surface area contributed by atoms with E-state index in [-0.39, 0.29) is 5.91 Å². The van der Waals surface area contributed by atoms with Gasteiger partial charge in [0.05, 0.1) is 23.9 Å². The number of hydrogen-bond donors (Lipinski definition) is 0. The number of aryl methyl sites for hydroxylation is 1. The van der Waals surface area contributed by atoms with Crippen molar-refractivity contribution >= 4 is 11.6 Å². The van der Waals surface area contributed by atoms with Crippen LogP contribution < -0.4 is 9.64 Å². The molecule has 1 aliphatic heterocycles. The van der Waals surface area contributed by atoms with Gasteiger partial charge in [0.2, 0.25) is 5.91 Å². The van der Waals surface area contributed by atoms with E-state index in [4.69, 9.17) is 10.00 Å². The Kier molecular flexibility index (Phi) is 4.26. The third-order valence-corrected chi connectivity index (χ3v) is 4.09. The van der Waals surface area contributed by atoms with Gasteiger partial charge in [-0.15, -0.1) is 0 Å². The number of carbonyl (C=O) groups excluding carboxylic acids is 1. The van der Waals surface area contributed by atoms with Crippen LogP contribution in [0.5, 0.6) is 5.75 Å². The van der Waals surface area contributed by atoms with E-state index in [1.807, 2.05) is 55.1 Å². The molecule has 1 heterocycles. The molecule has 2 aromatic rings. The van der Waals surface area contributed by atoms with Crippen LogP contribution in [0.4, 0.5) is 5.69 Å². The van der Waals surface area contributed by atoms with Crippen molar-refractivity contribution in [2.24, 2.45) is 0 Å². The zero-order valence-corrected chi connectivity index (χ0v) is 14.0. The second-order valence-electron chi connectivity index (χ2n) is 6.62. The maximum Gasteiger partial charge on any atom is 0.227 e. The number of fused-ring (bicyclic) bond motifs is 1. The molecule has 4 heteroatoms. The fourth-order valence-corrected chi connectivity index (χ4v) is 2.92. The molecule has 0 radical (unpaired) electrons. The molecule has 24 heavy (non-hydrogen) atoms. The van der Waals surface area contributed by atoms with E-state index in [0.717, 1.165) is 17.0 Å². The number of nitriles is 1. The van der Waals surface area contributed by atoms with Crippen LogP contribution in [0.3, 0.4) is 0 Å². The first-order valence-electron chi connectivity index (χ1n) is 8.06. The van der Waals surface area contributed by atoms with Gasteiger partial charge in [-0.05, 0) is 50.1 Å². The van der Waals surface area contributed by atoms with Crippen molar-refractivity contribution in [3.63, 3.8) is 0 Å². The standard InChI is InChI=1S/C20H20N2O2/c1-20(2)14-22(17-5-3-4-6-18(17)24-20)19(23)12-11-15-7-9-16(13-21)10-8-15/h3-10H,11-12,14H2,1-2H3. The summed E-state index contributed by atoms with van der Waals surface area (Å²) in [6, 6.07) is 17.1. The van der Waals surface area contributed by atoms with E-state index in [0.29, 0.717) is 24.9 Å². The number of nitrogens with zero attached hydrogens (tertiary/aromatic N) is 2. The molecule has 0 aliphatic carbocycles. The Balaban J connectivity index is 1.73. The molecule has 0 saturated carbocycles. The average Bonchev–Trinajstić information content (AvgIpc) is 2.58. The average molecular weight is 320 g/mol. The predicted molar refractivity (Wildman–Crippen MR) is 93.0 cm³/mol. The molecule has 3 rings (SSSR count). The van der Waals surface area contributed by atoms with Gasteiger partial charge in [0.1, 0.15) is 11.4 Å². The zero-order chi connectivity index (χ0) is 17.2. The number of benzene rings is 2. The molecule has 0 bridgehead atoms. The van der Waals surface area contributed by atoms with Gasteiger partial charge >= 0.3 is 0 Å². The Bertz CT molecular complexity index is 788. The second-order valence-corrected chi connectivity index (χ2v) is 6.62. The highest BCUT2D eigenvalue weighted by atomic mass is 16.5. The fourth-order valence-electron chi connectivity index (χ4n) is 2.92. The largest absolute Gasteiger partial charge is 0.484 e. The smallest absolute Gasteiger partial charge is 0.227 e. The van der Waals surface area contributed by atoms with Crippen LogP contribution in [0.25, 0.3) is 0 Å². The van der Waals surface area contributed by atoms with Crippen LogP contribution in [-0.4, -0.2) is 18.1 Å². The summed E-state index contributed by atoms with van der Waals surface area (Å²) < 4.78 is 5.96. The normalized spacial score (nSPS) is 15.1. The van der Waals surface area contributed by atoms with E-state index < -0.39 is 5.60 Å². The van der Waals surface area contributed by atoms with Crippen LogP contribution in [0.15, 0.2) is 48.5 Å². The lowest BCUT2D eigenvalue weighted by atomic mass is 10.0. The first-order chi connectivity index (χ1) is 11.5. The number of rotatable bonds is 3. The van der Waals surface area contributed by atoms with Crippen molar-refractivity contribution in [1.29, 1.82) is 5.26 Å². The summed E-state index contributed by atoms with van der Waals surface area (Å²) >= 11 is 0. The molecule has 0 atom stereocenters. The minimum Gasteiger partial charge on any atom is -0.484 e. The Labute approximate surface area is 142 Å². The van der Waals surface area contributed by atoms with Crippen LogP contribution in [0, 0.1) is 11.3 Å². The quantitative estimate of drug-likeness (QED) is 0.866. The van der Waals surface area contributed by atoms with Gasteiger partial charge in [0, 0.05) is 6.42 Å². The van der Waals surface area contributed by atoms with Gasteiger partial charge in [-0.25, -0.2) is 0 Å². The first-order valence-corrected chi connectivity index (χ1v) is 8.06. The molecule has 0 saturated heterocycles. The van der Waals surface area contributed by atoms with Crippen LogP contribution >= 0.6 is 0 Å². The molecule has 0 spiro atoms. The molecule has 0 N–H and O–H groups in total. The second kappa shape index (κ2) is 6.37. The predicted octanol–water partition coefficient (Wildman–Crippen LogP) is 3.70. The molecule has 4 nitrogen and oxygen atoms in total. The van der Waals surface area contributed by atoms with Gasteiger partial charge < -0.3 is 9.64 Å². The van der Waals surface area contributed by atoms with Gasteiger partial charge in [0.25, 0.3) is 0 Å². The number of ether oxygens (including phenoxy) is 1. The maximum absolute atomic E-state index is 12.8. The summed E-state index contributed by atoms with van der Waals surface area (Å²) in [6.45, 7) is 4.52. The third-order valence-electron chi connectivity index (χ3n) is 4.09. The van der Waals surface area contributed by atoms with Crippen molar-refractivity contribution in [2.75, 3.05) is 11.4 Å². The van der Waals surface area contributed by atoms with E-state index in [1.165, 1.54) is 0 Å². The summed E-state index contributed by atoms with van der Waals surface area (Å²) in [5, 5.41) is 8.84. The summed E-state index contributed by atoms with van der Waals surface area (Å²) in [7, 11) is 0. The number of amides is 1. The van der Waals surface area contributed by atoms with Crippen molar-refractivity contribution in [2.45, 2.75) is 32.3 Å². The number of carbonyl (C=O) groups is 1. The number of anilines is 1. The van der Waals surface area contributed by atoms with Gasteiger partial charge in [-0.2, -0.15) is 5.26 Å². The number of para-hydroxylation sites is 2. The minimum atomic E-state index is -0.404. The molecule has 1 aliphatic rings. The molecule has 0 unspecified atom stereocenters. The summed E-state index contributed by atoms with van der Waals surface area (Å²) in [5.41, 5.74) is 2.12. The van der Waals surface area contributed by atoms with Gasteiger partial charge in [0.15, 0.2) is 0 Å².